The Hall–Kier alpha value is -4.12. The van der Waals surface area contributed by atoms with E-state index in [4.69, 9.17) is 51.9 Å². The molecule has 0 bridgehead atoms. The van der Waals surface area contributed by atoms with E-state index in [1.165, 1.54) is 39.0 Å². The van der Waals surface area contributed by atoms with Crippen molar-refractivity contribution in [2.75, 3.05) is 33.0 Å². The number of aliphatic hydroxyl groups excluding tert-OH is 7. The SMILES string of the molecule is CCCCCCCCCCCC(=O)O[C@H](CCCCCCCCCCC)CC(=O)N[C@H]1[C@H](OC[C@H]2O[C@@H](OCCNC(=O)CCO[C@@H]3O[C@@H](C)[C@H](O)[C@@H](O)[C@H]3O)[C@H](NC(=O)C[C@@H](CCCCCCCCCCC)OC(=O)CCCCCCCCCCC)[C@@H](OC(=O)C[C@H](O)CCCCCCCCC)[C@@H]2O)O[C@H](CO)[C@@H](OP(=O)(O)O)[C@@H]1OC(=O)C[C@H](O)CCCCCCCCC. The van der Waals surface area contributed by atoms with Crippen LogP contribution in [-0.2, 0) is 90.0 Å². The molecule has 768 valence electrons. The number of hydrogen-bond donors (Lipinski definition) is 12. The van der Waals surface area contributed by atoms with Crippen LogP contribution in [0.5, 0.6) is 0 Å². The van der Waals surface area contributed by atoms with Gasteiger partial charge < -0.3 is 109 Å². The molecule has 31 nitrogen and oxygen atoms in total. The number of nitrogens with one attached hydrogen (secondary N) is 3. The minimum Gasteiger partial charge on any atom is -0.462 e. The maximum absolute atomic E-state index is 15.2. The molecule has 3 aliphatic rings. The molecular formula is C99H184N3O28P. The van der Waals surface area contributed by atoms with Crippen LogP contribution in [-0.4, -0.2) is 237 Å². The number of carbonyl (C=O) groups excluding carboxylic acids is 7. The summed E-state index contributed by atoms with van der Waals surface area (Å²) >= 11 is 0. The highest BCUT2D eigenvalue weighted by molar-refractivity contribution is 7.46. The zero-order valence-electron chi connectivity index (χ0n) is 81.9. The molecule has 3 aliphatic heterocycles. The molecule has 3 rings (SSSR count). The van der Waals surface area contributed by atoms with Crippen LogP contribution in [0, 0.1) is 0 Å². The van der Waals surface area contributed by atoms with Gasteiger partial charge >= 0.3 is 31.7 Å². The van der Waals surface area contributed by atoms with Crippen LogP contribution in [0.1, 0.15) is 440 Å². The first-order chi connectivity index (χ1) is 63.2. The minimum absolute atomic E-state index is 0.0915. The predicted octanol–water partition coefficient (Wildman–Crippen LogP) is 16.5. The van der Waals surface area contributed by atoms with Crippen molar-refractivity contribution in [2.24, 2.45) is 0 Å². The molecule has 0 spiro atoms. The standard InChI is InChI=1S/C99H184N3O28P/c1-8-14-20-26-32-36-42-48-54-60-77(124-84(109)62-56-50-44-38-34-28-22-16-10-3)70-82(107)101-88-95(128-86(111)68-75(104)58-52-46-40-30-24-18-12-5)91(114)80(127-97(88)121-67-65-100-81(106)64-66-120-99-93(116)92(115)90(113)74(7)123-99)73-122-98-89(96(94(79(72-103)126-98)130-131(117,118)119)129-87(112)69-76(105)59-53-47-41-31-25-19-13-6)102-83(108)71-78(61-55-49-43-37-33-27-21-15-9-2)125-85(110)63-57-51-45-39-35-29-23-17-11-4/h74-80,88-99,103-105,113-116H,8-73H2,1-7H3,(H,100,106)(H,101,107)(H,102,108)(H2,117,118,119)/t74-,75+,76+,77+,78+,79+,80+,88+,89+,90-,91+,92+,93+,94+,95+,96+,97+,98+,99+/m0/s1. The second-order valence-electron chi connectivity index (χ2n) is 37.3. The van der Waals surface area contributed by atoms with Crippen molar-refractivity contribution in [3.63, 3.8) is 0 Å². The number of aliphatic hydroxyl groups is 7. The number of unbranched alkanes of at least 4 members (excludes halogenated alkanes) is 44. The molecule has 32 heteroatoms. The first-order valence-electron chi connectivity index (χ1n) is 52.1. The van der Waals surface area contributed by atoms with Crippen molar-refractivity contribution in [1.82, 2.24) is 16.0 Å². The van der Waals surface area contributed by atoms with Crippen LogP contribution in [0.15, 0.2) is 0 Å². The number of phosphoric ester groups is 1. The average Bonchev–Trinajstić information content (AvgIpc) is 0.776. The van der Waals surface area contributed by atoms with Gasteiger partial charge in [0.15, 0.2) is 31.1 Å². The minimum atomic E-state index is -5.65. The first-order valence-corrected chi connectivity index (χ1v) is 53.6. The molecule has 3 saturated heterocycles. The van der Waals surface area contributed by atoms with Gasteiger partial charge in [0.05, 0.1) is 76.8 Å². The van der Waals surface area contributed by atoms with Gasteiger partial charge in [0, 0.05) is 19.4 Å². The molecule has 0 aromatic carbocycles. The fourth-order valence-electron chi connectivity index (χ4n) is 17.3. The fraction of sp³-hybridized carbons (Fsp3) is 0.929. The van der Waals surface area contributed by atoms with Gasteiger partial charge in [0.1, 0.15) is 67.0 Å². The summed E-state index contributed by atoms with van der Waals surface area (Å²) < 4.78 is 80.3. The Balaban J connectivity index is 2.26. The van der Waals surface area contributed by atoms with Gasteiger partial charge in [0.25, 0.3) is 0 Å². The number of amides is 3. The topological polar surface area (TPSA) is 456 Å². The first kappa shape index (κ1) is 121. The van der Waals surface area contributed by atoms with Crippen LogP contribution in [0.4, 0.5) is 0 Å². The quantitative estimate of drug-likeness (QED) is 0.0116. The normalized spacial score (nSPS) is 23.2. The van der Waals surface area contributed by atoms with Gasteiger partial charge in [-0.2, -0.15) is 0 Å². The van der Waals surface area contributed by atoms with E-state index < -0.39 is 211 Å². The molecule has 0 aliphatic carbocycles. The van der Waals surface area contributed by atoms with E-state index >= 15 is 9.59 Å². The largest absolute Gasteiger partial charge is 0.470 e. The molecule has 3 fully saturated rings. The lowest BCUT2D eigenvalue weighted by Gasteiger charge is -2.47. The van der Waals surface area contributed by atoms with Crippen LogP contribution < -0.4 is 16.0 Å². The Labute approximate surface area is 786 Å². The number of phosphoric acid groups is 1. The Kier molecular flexibility index (Phi) is 71.0. The molecule has 0 aromatic rings. The van der Waals surface area contributed by atoms with Crippen LogP contribution >= 0.6 is 7.82 Å². The molecule has 0 radical (unpaired) electrons. The molecule has 12 N–H and O–H groups in total. The second kappa shape index (κ2) is 76.8. The lowest BCUT2D eigenvalue weighted by molar-refractivity contribution is -0.304. The van der Waals surface area contributed by atoms with Gasteiger partial charge in [-0.05, 0) is 58.3 Å². The van der Waals surface area contributed by atoms with Gasteiger partial charge in [-0.15, -0.1) is 0 Å². The summed E-state index contributed by atoms with van der Waals surface area (Å²) in [5.41, 5.74) is 0. The smallest absolute Gasteiger partial charge is 0.462 e. The van der Waals surface area contributed by atoms with E-state index in [9.17, 15) is 74.1 Å². The van der Waals surface area contributed by atoms with Crippen molar-refractivity contribution >= 4 is 49.4 Å². The summed E-state index contributed by atoms with van der Waals surface area (Å²) in [5, 5.41) is 86.6. The van der Waals surface area contributed by atoms with Gasteiger partial charge in [0.2, 0.25) is 17.7 Å². The van der Waals surface area contributed by atoms with Gasteiger partial charge in [-0.3, -0.25) is 38.1 Å². The third-order valence-corrected chi connectivity index (χ3v) is 25.8. The molecule has 3 amide bonds. The van der Waals surface area contributed by atoms with E-state index in [2.05, 4.69) is 57.5 Å². The highest BCUT2D eigenvalue weighted by Gasteiger charge is 2.55. The Bertz CT molecular complexity index is 2940. The molecule has 131 heavy (non-hydrogen) atoms. The van der Waals surface area contributed by atoms with E-state index in [-0.39, 0.29) is 51.7 Å². The maximum atomic E-state index is 15.2. The lowest BCUT2D eigenvalue weighted by Crippen LogP contribution is -2.68. The molecule has 3 heterocycles. The monoisotopic (exact) mass is 1890 g/mol. The summed E-state index contributed by atoms with van der Waals surface area (Å²) in [4.78, 5) is 122. The highest BCUT2D eigenvalue weighted by atomic mass is 31.2. The summed E-state index contributed by atoms with van der Waals surface area (Å²) in [5.74, 6) is -5.30. The fourth-order valence-corrected chi connectivity index (χ4v) is 17.9. The second-order valence-corrected chi connectivity index (χ2v) is 38.5. The molecule has 0 saturated carbocycles. The number of rotatable bonds is 84. The summed E-state index contributed by atoms with van der Waals surface area (Å²) in [6, 6.07) is -3.52. The van der Waals surface area contributed by atoms with E-state index in [0.717, 1.165) is 250 Å². The number of hydrogen-bond acceptors (Lipinski definition) is 26. The van der Waals surface area contributed by atoms with Crippen molar-refractivity contribution in [1.29, 1.82) is 0 Å². The van der Waals surface area contributed by atoms with E-state index in [0.29, 0.717) is 44.9 Å². The lowest BCUT2D eigenvalue weighted by atomic mass is 9.95. The number of ether oxygens (including phenoxy) is 10. The zero-order chi connectivity index (χ0) is 96.1. The maximum Gasteiger partial charge on any atom is 0.470 e. The predicted molar refractivity (Wildman–Crippen MR) is 502 cm³/mol. The van der Waals surface area contributed by atoms with Crippen molar-refractivity contribution in [2.45, 2.75) is 557 Å². The Morgan fingerprint density at radius 2 is 0.695 bits per heavy atom. The summed E-state index contributed by atoms with van der Waals surface area (Å²) in [6.45, 7) is 11.4. The number of esters is 4. The summed E-state index contributed by atoms with van der Waals surface area (Å²) in [7, 11) is -5.65. The molecule has 19 atom stereocenters. The van der Waals surface area contributed by atoms with Crippen molar-refractivity contribution in [3.8, 4) is 0 Å². The van der Waals surface area contributed by atoms with E-state index in [1.54, 1.807) is 0 Å². The van der Waals surface area contributed by atoms with Crippen LogP contribution in [0.2, 0.25) is 0 Å². The third kappa shape index (κ3) is 57.8. The summed E-state index contributed by atoms with van der Waals surface area (Å²) in [6.07, 6.45) is 21.2. The molecule has 0 unspecified atom stereocenters. The molecule has 0 aromatic heterocycles. The number of carbonyl (C=O) groups is 7. The zero-order valence-corrected chi connectivity index (χ0v) is 82.8. The van der Waals surface area contributed by atoms with Gasteiger partial charge in [-0.25, -0.2) is 4.57 Å². The molecular weight excluding hydrogens is 1710 g/mol. The Morgan fingerprint density at radius 1 is 0.351 bits per heavy atom. The van der Waals surface area contributed by atoms with Crippen LogP contribution in [0.3, 0.4) is 0 Å². The van der Waals surface area contributed by atoms with Crippen molar-refractivity contribution in [3.05, 3.63) is 0 Å². The van der Waals surface area contributed by atoms with Gasteiger partial charge in [-0.1, -0.05) is 337 Å². The Morgan fingerprint density at radius 3 is 1.08 bits per heavy atom. The van der Waals surface area contributed by atoms with E-state index in [1.807, 2.05) is 0 Å². The highest BCUT2D eigenvalue weighted by Crippen LogP contribution is 2.43. The third-order valence-electron chi connectivity index (χ3n) is 25.2. The van der Waals surface area contributed by atoms with Crippen molar-refractivity contribution < 1.29 is 136 Å². The van der Waals surface area contributed by atoms with Crippen LogP contribution in [0.25, 0.3) is 0 Å². The average molecular weight is 1900 g/mol.